The van der Waals surface area contributed by atoms with Crippen molar-refractivity contribution in [2.24, 2.45) is 0 Å². The summed E-state index contributed by atoms with van der Waals surface area (Å²) in [7, 11) is 0. The molecule has 0 spiro atoms. The summed E-state index contributed by atoms with van der Waals surface area (Å²) >= 11 is 1.96. The van der Waals surface area contributed by atoms with Crippen molar-refractivity contribution < 1.29 is 9.53 Å². The summed E-state index contributed by atoms with van der Waals surface area (Å²) in [5, 5.41) is 3.59. The van der Waals surface area contributed by atoms with Crippen LogP contribution in [-0.2, 0) is 17.7 Å². The van der Waals surface area contributed by atoms with Gasteiger partial charge in [-0.2, -0.15) is 11.8 Å². The van der Waals surface area contributed by atoms with E-state index >= 15 is 0 Å². The summed E-state index contributed by atoms with van der Waals surface area (Å²) in [6, 6.07) is 6.33. The van der Waals surface area contributed by atoms with Gasteiger partial charge in [-0.3, -0.25) is 4.90 Å². The van der Waals surface area contributed by atoms with Crippen molar-refractivity contribution in [3.63, 3.8) is 0 Å². The molecule has 1 amide bonds. The predicted molar refractivity (Wildman–Crippen MR) is 101 cm³/mol. The highest BCUT2D eigenvalue weighted by Crippen LogP contribution is 2.46. The lowest BCUT2D eigenvalue weighted by molar-refractivity contribution is 0.0583. The maximum atomic E-state index is 12.5. The SMILES string of the molecule is CSC1(CNCc2cccc3c2N(C(=O)OC(C)(C)C)CC3)CC1. The number of nitrogens with zero attached hydrogens (tertiary/aromatic N) is 1. The highest BCUT2D eigenvalue weighted by molar-refractivity contribution is 8.00. The second kappa shape index (κ2) is 6.60. The number of hydrogen-bond donors (Lipinski definition) is 1. The van der Waals surface area contributed by atoms with Crippen LogP contribution in [0.15, 0.2) is 18.2 Å². The number of para-hydroxylation sites is 1. The van der Waals surface area contributed by atoms with E-state index in [2.05, 4.69) is 29.8 Å². The maximum absolute atomic E-state index is 12.5. The molecule has 1 saturated carbocycles. The number of nitrogens with one attached hydrogen (secondary N) is 1. The molecule has 1 aliphatic heterocycles. The summed E-state index contributed by atoms with van der Waals surface area (Å²) in [6.45, 7) is 8.26. The number of ether oxygens (including phenoxy) is 1. The van der Waals surface area contributed by atoms with Gasteiger partial charge in [0.15, 0.2) is 0 Å². The van der Waals surface area contributed by atoms with E-state index in [1.807, 2.05) is 32.5 Å². The Hall–Kier alpha value is -1.20. The normalized spacial score (nSPS) is 18.4. The van der Waals surface area contributed by atoms with Gasteiger partial charge in [0.2, 0.25) is 0 Å². The molecule has 0 atom stereocenters. The molecule has 2 aliphatic rings. The van der Waals surface area contributed by atoms with Gasteiger partial charge in [-0.05, 0) is 57.4 Å². The van der Waals surface area contributed by atoms with Gasteiger partial charge in [0.25, 0.3) is 0 Å². The van der Waals surface area contributed by atoms with Gasteiger partial charge >= 0.3 is 6.09 Å². The van der Waals surface area contributed by atoms with Crippen molar-refractivity contribution in [2.75, 3.05) is 24.2 Å². The van der Waals surface area contributed by atoms with E-state index in [1.165, 1.54) is 24.0 Å². The first kappa shape index (κ1) is 17.6. The van der Waals surface area contributed by atoms with Gasteiger partial charge in [-0.1, -0.05) is 18.2 Å². The predicted octanol–water partition coefficient (Wildman–Crippen LogP) is 3.97. The Labute approximate surface area is 149 Å². The highest BCUT2D eigenvalue weighted by Gasteiger charge is 2.41. The second-order valence-corrected chi connectivity index (χ2v) is 9.07. The van der Waals surface area contributed by atoms with Crippen LogP contribution in [-0.4, -0.2) is 35.8 Å². The largest absolute Gasteiger partial charge is 0.443 e. The number of carbonyl (C=O) groups is 1. The Kier molecular flexibility index (Phi) is 4.85. The van der Waals surface area contributed by atoms with Gasteiger partial charge in [0, 0.05) is 24.4 Å². The smallest absolute Gasteiger partial charge is 0.414 e. The topological polar surface area (TPSA) is 41.6 Å². The van der Waals surface area contributed by atoms with Crippen molar-refractivity contribution in [3.8, 4) is 0 Å². The molecule has 0 unspecified atom stereocenters. The van der Waals surface area contributed by atoms with Crippen molar-refractivity contribution >= 4 is 23.5 Å². The maximum Gasteiger partial charge on any atom is 0.414 e. The molecule has 0 radical (unpaired) electrons. The Bertz CT molecular complexity index is 620. The van der Waals surface area contributed by atoms with Crippen LogP contribution in [0.25, 0.3) is 0 Å². The van der Waals surface area contributed by atoms with Gasteiger partial charge in [-0.25, -0.2) is 4.79 Å². The molecule has 1 heterocycles. The minimum Gasteiger partial charge on any atom is -0.443 e. The van der Waals surface area contributed by atoms with Crippen LogP contribution in [0.5, 0.6) is 0 Å². The molecule has 1 aromatic carbocycles. The molecule has 3 rings (SSSR count). The number of thioether (sulfide) groups is 1. The van der Waals surface area contributed by atoms with Gasteiger partial charge in [0.05, 0.1) is 5.69 Å². The van der Waals surface area contributed by atoms with E-state index in [-0.39, 0.29) is 6.09 Å². The molecular weight excluding hydrogens is 320 g/mol. The highest BCUT2D eigenvalue weighted by atomic mass is 32.2. The van der Waals surface area contributed by atoms with Crippen LogP contribution in [0.1, 0.15) is 44.7 Å². The molecule has 24 heavy (non-hydrogen) atoms. The zero-order valence-corrected chi connectivity index (χ0v) is 16.0. The van der Waals surface area contributed by atoms with Crippen LogP contribution in [0, 0.1) is 0 Å². The van der Waals surface area contributed by atoms with E-state index < -0.39 is 5.60 Å². The standard InChI is InChI=1S/C19H28N2O2S/c1-18(2,3)23-17(22)21-11-8-14-6-5-7-15(16(14)21)12-20-13-19(24-4)9-10-19/h5-7,20H,8-13H2,1-4H3. The number of rotatable bonds is 5. The summed E-state index contributed by atoms with van der Waals surface area (Å²) in [6.07, 6.45) is 5.46. The summed E-state index contributed by atoms with van der Waals surface area (Å²) < 4.78 is 6.03. The van der Waals surface area contributed by atoms with Crippen LogP contribution in [0.4, 0.5) is 10.5 Å². The number of carbonyl (C=O) groups excluding carboxylic acids is 1. The third kappa shape index (κ3) is 3.89. The Morgan fingerprint density at radius 2 is 2.12 bits per heavy atom. The average molecular weight is 349 g/mol. The number of fused-ring (bicyclic) bond motifs is 1. The summed E-state index contributed by atoms with van der Waals surface area (Å²) in [4.78, 5) is 14.3. The fraction of sp³-hybridized carbons (Fsp3) is 0.632. The molecule has 0 saturated heterocycles. The minimum absolute atomic E-state index is 0.239. The number of benzene rings is 1. The molecule has 1 fully saturated rings. The van der Waals surface area contributed by atoms with Crippen LogP contribution < -0.4 is 10.2 Å². The molecular formula is C19H28N2O2S. The van der Waals surface area contributed by atoms with E-state index in [0.717, 1.165) is 25.2 Å². The van der Waals surface area contributed by atoms with E-state index in [1.54, 1.807) is 4.90 Å². The molecule has 1 aromatic rings. The van der Waals surface area contributed by atoms with Gasteiger partial charge in [-0.15, -0.1) is 0 Å². The molecule has 4 nitrogen and oxygen atoms in total. The second-order valence-electron chi connectivity index (χ2n) is 7.80. The van der Waals surface area contributed by atoms with Crippen LogP contribution in [0.2, 0.25) is 0 Å². The zero-order valence-electron chi connectivity index (χ0n) is 15.1. The van der Waals surface area contributed by atoms with E-state index in [0.29, 0.717) is 11.3 Å². The van der Waals surface area contributed by atoms with Gasteiger partial charge in [0.1, 0.15) is 5.60 Å². The Morgan fingerprint density at radius 3 is 2.75 bits per heavy atom. The van der Waals surface area contributed by atoms with E-state index in [9.17, 15) is 4.79 Å². The quantitative estimate of drug-likeness (QED) is 0.874. The molecule has 1 aliphatic carbocycles. The first-order valence-electron chi connectivity index (χ1n) is 8.71. The van der Waals surface area contributed by atoms with Crippen molar-refractivity contribution in [1.29, 1.82) is 0 Å². The lowest BCUT2D eigenvalue weighted by Crippen LogP contribution is -2.36. The van der Waals surface area contributed by atoms with Crippen LogP contribution in [0.3, 0.4) is 0 Å². The van der Waals surface area contributed by atoms with Crippen molar-refractivity contribution in [2.45, 2.75) is 56.9 Å². The Balaban J connectivity index is 1.71. The summed E-state index contributed by atoms with van der Waals surface area (Å²) in [5.41, 5.74) is 3.01. The lowest BCUT2D eigenvalue weighted by atomic mass is 10.1. The fourth-order valence-electron chi connectivity index (χ4n) is 3.20. The zero-order chi connectivity index (χ0) is 17.4. The van der Waals surface area contributed by atoms with E-state index in [4.69, 9.17) is 4.74 Å². The molecule has 1 N–H and O–H groups in total. The number of hydrogen-bond acceptors (Lipinski definition) is 4. The lowest BCUT2D eigenvalue weighted by Gasteiger charge is -2.26. The third-order valence-electron chi connectivity index (χ3n) is 4.70. The molecule has 132 valence electrons. The monoisotopic (exact) mass is 348 g/mol. The van der Waals surface area contributed by atoms with Gasteiger partial charge < -0.3 is 10.1 Å². The molecule has 0 bridgehead atoms. The molecule has 0 aromatic heterocycles. The van der Waals surface area contributed by atoms with Crippen molar-refractivity contribution in [3.05, 3.63) is 29.3 Å². The molecule has 5 heteroatoms. The first-order valence-corrected chi connectivity index (χ1v) is 9.93. The van der Waals surface area contributed by atoms with Crippen molar-refractivity contribution in [1.82, 2.24) is 5.32 Å². The minimum atomic E-state index is -0.469. The van der Waals surface area contributed by atoms with Crippen LogP contribution >= 0.6 is 11.8 Å². The number of amides is 1. The fourth-order valence-corrected chi connectivity index (χ4v) is 3.95. The first-order chi connectivity index (χ1) is 11.3. The Morgan fingerprint density at radius 1 is 1.38 bits per heavy atom. The average Bonchev–Trinajstić information content (AvgIpc) is 3.15. The summed E-state index contributed by atoms with van der Waals surface area (Å²) in [5.74, 6) is 0. The number of anilines is 1. The third-order valence-corrected chi connectivity index (χ3v) is 6.11.